The Morgan fingerprint density at radius 1 is 0.667 bits per heavy atom. The molecular weight excluding hydrogens is 388 g/mol. The van der Waals surface area contributed by atoms with Crippen molar-refractivity contribution in [1.82, 2.24) is 51.3 Å². The van der Waals surface area contributed by atoms with Crippen LogP contribution in [0.4, 0.5) is 0 Å². The van der Waals surface area contributed by atoms with Crippen molar-refractivity contribution in [3.8, 4) is 22.8 Å². The van der Waals surface area contributed by atoms with Gasteiger partial charge in [-0.3, -0.25) is 20.4 Å². The lowest BCUT2D eigenvalue weighted by atomic mass is 10.2. The molecule has 12 nitrogen and oxygen atoms in total. The van der Waals surface area contributed by atoms with E-state index in [1.165, 1.54) is 9.36 Å². The quantitative estimate of drug-likeness (QED) is 0.422. The van der Waals surface area contributed by atoms with E-state index in [1.54, 1.807) is 0 Å². The molecule has 0 unspecified atom stereocenters. The minimum Gasteiger partial charge on any atom is -0.271 e. The SMILES string of the molecule is O=C(Cn1nnnc1-c1ccccc1)NNC(=O)Cn1nnnc1-c1ccccc1. The second-order valence-corrected chi connectivity index (χ2v) is 6.15. The molecule has 0 bridgehead atoms. The Labute approximate surface area is 169 Å². The number of carbonyl (C=O) groups excluding carboxylic acids is 2. The Kier molecular flexibility index (Phi) is 5.46. The van der Waals surface area contributed by atoms with Crippen LogP contribution in [0.15, 0.2) is 60.7 Å². The molecule has 2 aromatic carbocycles. The molecule has 12 heteroatoms. The van der Waals surface area contributed by atoms with Gasteiger partial charge in [-0.1, -0.05) is 60.7 Å². The molecule has 0 spiro atoms. The van der Waals surface area contributed by atoms with Crippen molar-refractivity contribution in [2.24, 2.45) is 0 Å². The monoisotopic (exact) mass is 404 g/mol. The molecule has 150 valence electrons. The van der Waals surface area contributed by atoms with E-state index in [2.05, 4.69) is 41.9 Å². The lowest BCUT2D eigenvalue weighted by Gasteiger charge is -2.09. The van der Waals surface area contributed by atoms with Crippen LogP contribution in [-0.2, 0) is 22.7 Å². The Morgan fingerprint density at radius 3 is 1.47 bits per heavy atom. The first-order valence-electron chi connectivity index (χ1n) is 8.91. The van der Waals surface area contributed by atoms with Gasteiger partial charge in [-0.15, -0.1) is 10.2 Å². The van der Waals surface area contributed by atoms with E-state index in [0.717, 1.165) is 11.1 Å². The molecule has 2 heterocycles. The molecule has 4 aromatic rings. The second kappa shape index (κ2) is 8.68. The highest BCUT2D eigenvalue weighted by Crippen LogP contribution is 2.15. The van der Waals surface area contributed by atoms with Gasteiger partial charge in [0.2, 0.25) is 0 Å². The predicted octanol–water partition coefficient (Wildman–Crippen LogP) is -0.159. The van der Waals surface area contributed by atoms with Gasteiger partial charge in [-0.05, 0) is 20.9 Å². The zero-order chi connectivity index (χ0) is 20.8. The van der Waals surface area contributed by atoms with Crippen LogP contribution in [0, 0.1) is 0 Å². The van der Waals surface area contributed by atoms with Crippen LogP contribution in [-0.4, -0.2) is 52.2 Å². The zero-order valence-electron chi connectivity index (χ0n) is 15.6. The van der Waals surface area contributed by atoms with Crippen LogP contribution < -0.4 is 10.9 Å². The van der Waals surface area contributed by atoms with Gasteiger partial charge in [0.25, 0.3) is 11.8 Å². The third kappa shape index (κ3) is 4.32. The van der Waals surface area contributed by atoms with Crippen LogP contribution in [0.25, 0.3) is 22.8 Å². The third-order valence-corrected chi connectivity index (χ3v) is 4.06. The van der Waals surface area contributed by atoms with Crippen molar-refractivity contribution in [3.63, 3.8) is 0 Å². The van der Waals surface area contributed by atoms with Crippen LogP contribution in [0.3, 0.4) is 0 Å². The summed E-state index contributed by atoms with van der Waals surface area (Å²) in [6, 6.07) is 18.4. The third-order valence-electron chi connectivity index (χ3n) is 4.06. The van der Waals surface area contributed by atoms with Gasteiger partial charge >= 0.3 is 0 Å². The second-order valence-electron chi connectivity index (χ2n) is 6.15. The predicted molar refractivity (Wildman–Crippen MR) is 103 cm³/mol. The molecule has 30 heavy (non-hydrogen) atoms. The van der Waals surface area contributed by atoms with Crippen molar-refractivity contribution in [2.45, 2.75) is 13.1 Å². The first-order chi connectivity index (χ1) is 14.7. The molecule has 2 N–H and O–H groups in total. The van der Waals surface area contributed by atoms with E-state index in [4.69, 9.17) is 0 Å². The van der Waals surface area contributed by atoms with Gasteiger partial charge in [-0.25, -0.2) is 9.36 Å². The molecule has 0 atom stereocenters. The molecule has 0 aliphatic heterocycles. The molecule has 2 aromatic heterocycles. The van der Waals surface area contributed by atoms with E-state index >= 15 is 0 Å². The van der Waals surface area contributed by atoms with E-state index in [0.29, 0.717) is 11.6 Å². The molecule has 0 aliphatic rings. The van der Waals surface area contributed by atoms with Gasteiger partial charge in [0.05, 0.1) is 0 Å². The van der Waals surface area contributed by atoms with Crippen LogP contribution in [0.1, 0.15) is 0 Å². The lowest BCUT2D eigenvalue weighted by molar-refractivity contribution is -0.129. The van der Waals surface area contributed by atoms with E-state index < -0.39 is 11.8 Å². The van der Waals surface area contributed by atoms with Gasteiger partial charge in [0, 0.05) is 11.1 Å². The van der Waals surface area contributed by atoms with Crippen molar-refractivity contribution < 1.29 is 9.59 Å². The number of rotatable bonds is 6. The Bertz CT molecular complexity index is 1050. The summed E-state index contributed by atoms with van der Waals surface area (Å²) >= 11 is 0. The Balaban J connectivity index is 1.33. The normalized spacial score (nSPS) is 10.5. The maximum atomic E-state index is 12.2. The average molecular weight is 404 g/mol. The highest BCUT2D eigenvalue weighted by Gasteiger charge is 2.15. The van der Waals surface area contributed by atoms with Crippen molar-refractivity contribution in [3.05, 3.63) is 60.7 Å². The molecule has 0 saturated heterocycles. The maximum Gasteiger partial charge on any atom is 0.260 e. The number of nitrogens with zero attached hydrogens (tertiary/aromatic N) is 8. The van der Waals surface area contributed by atoms with Crippen LogP contribution in [0.2, 0.25) is 0 Å². The molecule has 2 amide bonds. The van der Waals surface area contributed by atoms with E-state index in [-0.39, 0.29) is 13.1 Å². The fourth-order valence-electron chi connectivity index (χ4n) is 2.70. The highest BCUT2D eigenvalue weighted by molar-refractivity contribution is 5.82. The fourth-order valence-corrected chi connectivity index (χ4v) is 2.70. The summed E-state index contributed by atoms with van der Waals surface area (Å²) in [4.78, 5) is 24.4. The zero-order valence-corrected chi connectivity index (χ0v) is 15.6. The number of hydrogen-bond acceptors (Lipinski definition) is 8. The lowest BCUT2D eigenvalue weighted by Crippen LogP contribution is -2.44. The molecule has 0 aliphatic carbocycles. The summed E-state index contributed by atoms with van der Waals surface area (Å²) in [6.45, 7) is -0.338. The standard InChI is InChI=1S/C18H16N10O2/c29-15(11-27-17(21-23-25-27)13-7-3-1-4-8-13)19-20-16(30)12-28-18(22-24-26-28)14-9-5-2-6-10-14/h1-10H,11-12H2,(H,19,29)(H,20,30). The number of hydrogen-bond donors (Lipinski definition) is 2. The number of hydrazine groups is 1. The Morgan fingerprint density at radius 2 is 1.07 bits per heavy atom. The minimum atomic E-state index is -0.493. The Hall–Kier alpha value is -4.48. The van der Waals surface area contributed by atoms with Crippen molar-refractivity contribution >= 4 is 11.8 Å². The van der Waals surface area contributed by atoms with Gasteiger partial charge in [-0.2, -0.15) is 0 Å². The van der Waals surface area contributed by atoms with Crippen LogP contribution >= 0.6 is 0 Å². The number of carbonyl (C=O) groups is 2. The molecule has 0 saturated carbocycles. The molecular formula is C18H16N10O2. The van der Waals surface area contributed by atoms with Crippen molar-refractivity contribution in [2.75, 3.05) is 0 Å². The van der Waals surface area contributed by atoms with Crippen molar-refractivity contribution in [1.29, 1.82) is 0 Å². The number of aromatic nitrogens is 8. The summed E-state index contributed by atoms with van der Waals surface area (Å²) in [5.74, 6) is -0.0998. The number of nitrogens with one attached hydrogen (secondary N) is 2. The van der Waals surface area contributed by atoms with Crippen LogP contribution in [0.5, 0.6) is 0 Å². The molecule has 0 fully saturated rings. The number of tetrazole rings is 2. The van der Waals surface area contributed by atoms with Gasteiger partial charge in [0.1, 0.15) is 13.1 Å². The van der Waals surface area contributed by atoms with E-state index in [1.807, 2.05) is 60.7 Å². The summed E-state index contributed by atoms with van der Waals surface area (Å²) in [6.07, 6.45) is 0. The van der Waals surface area contributed by atoms with Gasteiger partial charge in [0.15, 0.2) is 11.6 Å². The van der Waals surface area contributed by atoms with Gasteiger partial charge < -0.3 is 0 Å². The molecule has 0 radical (unpaired) electrons. The topological polar surface area (TPSA) is 145 Å². The largest absolute Gasteiger partial charge is 0.271 e. The minimum absolute atomic E-state index is 0.169. The summed E-state index contributed by atoms with van der Waals surface area (Å²) in [7, 11) is 0. The highest BCUT2D eigenvalue weighted by atomic mass is 16.2. The summed E-state index contributed by atoms with van der Waals surface area (Å²) in [5, 5.41) is 22.7. The number of benzene rings is 2. The average Bonchev–Trinajstić information content (AvgIpc) is 3.43. The maximum absolute atomic E-state index is 12.2. The smallest absolute Gasteiger partial charge is 0.260 e. The van der Waals surface area contributed by atoms with E-state index in [9.17, 15) is 9.59 Å². The summed E-state index contributed by atoms with van der Waals surface area (Å²) in [5.41, 5.74) is 6.21. The first kappa shape index (κ1) is 18.9. The first-order valence-corrected chi connectivity index (χ1v) is 8.91. The fraction of sp³-hybridized carbons (Fsp3) is 0.111. The number of amides is 2. The summed E-state index contributed by atoms with van der Waals surface area (Å²) < 4.78 is 2.68. The molecule has 4 rings (SSSR count).